The molecule has 4 N–H and O–H groups in total. The lowest BCUT2D eigenvalue weighted by molar-refractivity contribution is -0.237. The first kappa shape index (κ1) is 26.7. The predicted octanol–water partition coefficient (Wildman–Crippen LogP) is 3.04. The number of esters is 1. The Morgan fingerprint density at radius 3 is 2.59 bits per heavy atom. The van der Waals surface area contributed by atoms with E-state index in [9.17, 15) is 24.9 Å². The molecular weight excluding hydrogens is 496 g/mol. The van der Waals surface area contributed by atoms with Gasteiger partial charge in [0.15, 0.2) is 0 Å². The molecule has 8 nitrogen and oxygen atoms in total. The van der Waals surface area contributed by atoms with Crippen molar-refractivity contribution in [3.05, 3.63) is 47.5 Å². The Balaban J connectivity index is 1.29. The summed E-state index contributed by atoms with van der Waals surface area (Å²) in [5.41, 5.74) is 1.32. The van der Waals surface area contributed by atoms with Crippen LogP contribution in [0.15, 0.2) is 47.1 Å². The van der Waals surface area contributed by atoms with Gasteiger partial charge in [-0.1, -0.05) is 37.3 Å². The molecule has 8 atom stereocenters. The lowest BCUT2D eigenvalue weighted by atomic mass is 9.41. The van der Waals surface area contributed by atoms with Gasteiger partial charge in [-0.2, -0.15) is 5.10 Å². The number of carbonyl (C=O) groups is 2. The number of hydrogen-bond donors (Lipinski definition) is 4. The van der Waals surface area contributed by atoms with E-state index in [0.29, 0.717) is 38.7 Å². The Labute approximate surface area is 229 Å². The SMILES string of the molecule is C[C@]12CC[C@H]3[C@@H](CC[C@]4(O)C[C@H](O)CC[C@]34/C=N\NC(=O)Cc3ccccc3)[C@]1(O)CC[C@H]2C1=CC(=O)OC1. The fraction of sp³-hybridized carbons (Fsp3) is 0.645. The Morgan fingerprint density at radius 1 is 1.08 bits per heavy atom. The van der Waals surface area contributed by atoms with E-state index < -0.39 is 22.7 Å². The van der Waals surface area contributed by atoms with Gasteiger partial charge >= 0.3 is 5.97 Å². The van der Waals surface area contributed by atoms with Crippen molar-refractivity contribution in [2.45, 2.75) is 88.4 Å². The van der Waals surface area contributed by atoms with Crippen LogP contribution in [0.4, 0.5) is 0 Å². The average molecular weight is 537 g/mol. The zero-order valence-corrected chi connectivity index (χ0v) is 22.6. The Kier molecular flexibility index (Phi) is 6.51. The lowest BCUT2D eigenvalue weighted by Gasteiger charge is -2.65. The Bertz CT molecular complexity index is 1200. The Hall–Kier alpha value is -2.55. The molecule has 1 heterocycles. The average Bonchev–Trinajstić information content (AvgIpc) is 3.44. The van der Waals surface area contributed by atoms with Crippen LogP contribution < -0.4 is 5.43 Å². The first-order chi connectivity index (χ1) is 18.6. The number of nitrogens with one attached hydrogen (secondary N) is 1. The van der Waals surface area contributed by atoms with Crippen LogP contribution in [-0.4, -0.2) is 57.3 Å². The molecule has 1 amide bonds. The standard InChI is InChI=1S/C31H40N2O6/c1-28-11-8-24-25(31(28,38)14-10-23(28)21-16-27(36)39-18-21)9-13-30(37)17-22(34)7-12-29(24,30)19-32-33-26(35)15-20-5-3-2-4-6-20/h2-6,16,19,22-25,34,37-38H,7-15,17-18H2,1H3,(H,33,35)/b32-19-/t22-,23+,24+,25-,28-,29+,30+,31-/m1/s1. The number of cyclic esters (lactones) is 1. The smallest absolute Gasteiger partial charge is 0.331 e. The molecule has 6 rings (SSSR count). The van der Waals surface area contributed by atoms with E-state index in [2.05, 4.69) is 17.5 Å². The molecule has 0 saturated heterocycles. The highest BCUT2D eigenvalue weighted by Gasteiger charge is 2.71. The maximum atomic E-state index is 12.6. The van der Waals surface area contributed by atoms with Crippen LogP contribution >= 0.6 is 0 Å². The number of benzene rings is 1. The third-order valence-corrected chi connectivity index (χ3v) is 11.3. The maximum absolute atomic E-state index is 12.6. The molecule has 4 fully saturated rings. The zero-order chi connectivity index (χ0) is 27.5. The highest BCUT2D eigenvalue weighted by atomic mass is 16.5. The minimum atomic E-state index is -1.16. The van der Waals surface area contributed by atoms with E-state index in [0.717, 1.165) is 30.4 Å². The molecule has 4 aliphatic carbocycles. The minimum Gasteiger partial charge on any atom is -0.458 e. The number of rotatable bonds is 5. The summed E-state index contributed by atoms with van der Waals surface area (Å²) in [5.74, 6) is -0.528. The van der Waals surface area contributed by atoms with E-state index in [1.54, 1.807) is 12.3 Å². The maximum Gasteiger partial charge on any atom is 0.331 e. The minimum absolute atomic E-state index is 0.0363. The molecule has 0 unspecified atom stereocenters. The van der Waals surface area contributed by atoms with Gasteiger partial charge in [-0.25, -0.2) is 10.2 Å². The van der Waals surface area contributed by atoms with Crippen LogP contribution in [0, 0.1) is 28.6 Å². The van der Waals surface area contributed by atoms with Crippen LogP contribution in [0.3, 0.4) is 0 Å². The summed E-state index contributed by atoms with van der Waals surface area (Å²) in [6, 6.07) is 9.48. The second-order valence-corrected chi connectivity index (χ2v) is 13.0. The van der Waals surface area contributed by atoms with Gasteiger partial charge in [0.2, 0.25) is 5.91 Å². The van der Waals surface area contributed by atoms with Crippen LogP contribution in [0.1, 0.15) is 70.3 Å². The summed E-state index contributed by atoms with van der Waals surface area (Å²) in [7, 11) is 0. The highest BCUT2D eigenvalue weighted by Crippen LogP contribution is 2.70. The fourth-order valence-electron chi connectivity index (χ4n) is 9.40. The summed E-state index contributed by atoms with van der Waals surface area (Å²) in [5, 5.41) is 39.5. The van der Waals surface area contributed by atoms with E-state index in [1.807, 2.05) is 30.3 Å². The molecular formula is C31H40N2O6. The third-order valence-electron chi connectivity index (χ3n) is 11.3. The number of ether oxygens (including phenoxy) is 1. The largest absolute Gasteiger partial charge is 0.458 e. The van der Waals surface area contributed by atoms with Crippen molar-refractivity contribution < 1.29 is 29.6 Å². The van der Waals surface area contributed by atoms with Crippen LogP contribution in [0.2, 0.25) is 0 Å². The number of carbonyl (C=O) groups excluding carboxylic acids is 2. The van der Waals surface area contributed by atoms with Gasteiger partial charge in [0.25, 0.3) is 0 Å². The van der Waals surface area contributed by atoms with Gasteiger partial charge in [-0.15, -0.1) is 0 Å². The summed E-state index contributed by atoms with van der Waals surface area (Å²) >= 11 is 0. The van der Waals surface area contributed by atoms with Crippen molar-refractivity contribution in [1.29, 1.82) is 0 Å². The van der Waals surface area contributed by atoms with Crippen LogP contribution in [0.25, 0.3) is 0 Å². The summed E-state index contributed by atoms with van der Waals surface area (Å²) in [6.07, 6.45) is 8.48. The van der Waals surface area contributed by atoms with E-state index in [4.69, 9.17) is 4.74 Å². The van der Waals surface area contributed by atoms with Gasteiger partial charge in [-0.05, 0) is 80.3 Å². The number of hydrazone groups is 1. The Morgan fingerprint density at radius 2 is 1.85 bits per heavy atom. The molecule has 210 valence electrons. The number of hydrogen-bond acceptors (Lipinski definition) is 7. The van der Waals surface area contributed by atoms with Crippen molar-refractivity contribution in [2.24, 2.45) is 33.7 Å². The quantitative estimate of drug-likeness (QED) is 0.260. The number of aliphatic hydroxyl groups excluding tert-OH is 1. The molecule has 4 saturated carbocycles. The molecule has 1 aromatic carbocycles. The predicted molar refractivity (Wildman–Crippen MR) is 144 cm³/mol. The highest BCUT2D eigenvalue weighted by molar-refractivity contribution is 5.85. The van der Waals surface area contributed by atoms with E-state index in [-0.39, 0.29) is 47.9 Å². The number of nitrogens with zero attached hydrogens (tertiary/aromatic N) is 1. The zero-order valence-electron chi connectivity index (χ0n) is 22.6. The van der Waals surface area contributed by atoms with Gasteiger partial charge in [0.1, 0.15) is 6.61 Å². The molecule has 5 aliphatic rings. The molecule has 0 radical (unpaired) electrons. The van der Waals surface area contributed by atoms with Crippen molar-refractivity contribution in [3.8, 4) is 0 Å². The first-order valence-corrected chi connectivity index (χ1v) is 14.5. The molecule has 1 aliphatic heterocycles. The second-order valence-electron chi connectivity index (χ2n) is 13.0. The number of aliphatic hydroxyl groups is 3. The monoisotopic (exact) mass is 536 g/mol. The van der Waals surface area contributed by atoms with Crippen molar-refractivity contribution in [3.63, 3.8) is 0 Å². The molecule has 39 heavy (non-hydrogen) atoms. The fourth-order valence-corrected chi connectivity index (χ4v) is 9.40. The normalized spacial score (nSPS) is 43.3. The summed E-state index contributed by atoms with van der Waals surface area (Å²) < 4.78 is 5.23. The molecule has 8 heteroatoms. The van der Waals surface area contributed by atoms with Crippen molar-refractivity contribution in [2.75, 3.05) is 6.61 Å². The molecule has 0 bridgehead atoms. The third kappa shape index (κ3) is 4.09. The van der Waals surface area contributed by atoms with Gasteiger partial charge in [0, 0.05) is 29.5 Å². The molecule has 0 spiro atoms. The van der Waals surface area contributed by atoms with Crippen LogP contribution in [0.5, 0.6) is 0 Å². The first-order valence-electron chi connectivity index (χ1n) is 14.5. The second kappa shape index (κ2) is 9.53. The van der Waals surface area contributed by atoms with E-state index in [1.165, 1.54) is 0 Å². The molecule has 0 aromatic heterocycles. The topological polar surface area (TPSA) is 128 Å². The van der Waals surface area contributed by atoms with Crippen LogP contribution in [-0.2, 0) is 20.7 Å². The number of amides is 1. The van der Waals surface area contributed by atoms with Gasteiger partial charge in [-0.3, -0.25) is 4.79 Å². The van der Waals surface area contributed by atoms with Crippen molar-refractivity contribution in [1.82, 2.24) is 5.43 Å². The molecule has 1 aromatic rings. The van der Waals surface area contributed by atoms with Crippen molar-refractivity contribution >= 4 is 18.1 Å². The lowest BCUT2D eigenvalue weighted by Crippen LogP contribution is -2.68. The summed E-state index contributed by atoms with van der Waals surface area (Å²) in [4.78, 5) is 24.5. The van der Waals surface area contributed by atoms with Gasteiger partial charge < -0.3 is 20.1 Å². The summed E-state index contributed by atoms with van der Waals surface area (Å²) in [6.45, 7) is 2.47. The number of fused-ring (bicyclic) bond motifs is 5. The van der Waals surface area contributed by atoms with E-state index >= 15 is 0 Å². The van der Waals surface area contributed by atoms with Gasteiger partial charge in [0.05, 0.1) is 23.7 Å².